The van der Waals surface area contributed by atoms with Gasteiger partial charge in [0.05, 0.1) is 0 Å². The molecule has 2 aliphatic rings. The van der Waals surface area contributed by atoms with Gasteiger partial charge in [-0.05, 0) is 60.7 Å². The van der Waals surface area contributed by atoms with E-state index >= 15 is 0 Å². The molecule has 0 saturated carbocycles. The van der Waals surface area contributed by atoms with Crippen molar-refractivity contribution in [3.05, 3.63) is 53.1 Å². The molecule has 1 amide bonds. The first-order valence-electron chi connectivity index (χ1n) is 9.03. The lowest BCUT2D eigenvalue weighted by Gasteiger charge is -2.18. The average Bonchev–Trinajstić information content (AvgIpc) is 3.13. The first kappa shape index (κ1) is 16.6. The lowest BCUT2D eigenvalue weighted by atomic mass is 10.1. The monoisotopic (exact) mass is 351 g/mol. The van der Waals surface area contributed by atoms with Crippen LogP contribution in [-0.4, -0.2) is 24.9 Å². The molecule has 0 atom stereocenters. The predicted molar refractivity (Wildman–Crippen MR) is 98.1 cm³/mol. The third-order valence-electron chi connectivity index (χ3n) is 4.83. The molecule has 0 aromatic heterocycles. The number of carbonyl (C=O) groups is 2. The maximum atomic E-state index is 12.4. The Kier molecular flexibility index (Phi) is 4.61. The Morgan fingerprint density at radius 2 is 1.69 bits per heavy atom. The van der Waals surface area contributed by atoms with Gasteiger partial charge in [-0.1, -0.05) is 6.07 Å². The summed E-state index contributed by atoms with van der Waals surface area (Å²) in [7, 11) is 0. The first-order valence-corrected chi connectivity index (χ1v) is 9.03. The Labute approximate surface area is 152 Å². The lowest BCUT2D eigenvalue weighted by molar-refractivity contribution is -0.116. The molecule has 5 heteroatoms. The Balaban J connectivity index is 1.33. The number of ketones is 1. The van der Waals surface area contributed by atoms with Gasteiger partial charge in [0, 0.05) is 24.1 Å². The molecule has 1 N–H and O–H groups in total. The normalized spacial score (nSPS) is 14.6. The fourth-order valence-corrected chi connectivity index (χ4v) is 3.46. The van der Waals surface area contributed by atoms with Crippen molar-refractivity contribution in [3.63, 3.8) is 0 Å². The number of hydrogen-bond acceptors (Lipinski definition) is 4. The largest absolute Gasteiger partial charge is 0.486 e. The topological polar surface area (TPSA) is 64.6 Å². The molecule has 0 fully saturated rings. The van der Waals surface area contributed by atoms with Crippen molar-refractivity contribution in [1.29, 1.82) is 0 Å². The second kappa shape index (κ2) is 7.20. The molecule has 0 spiro atoms. The molecule has 1 heterocycles. The van der Waals surface area contributed by atoms with E-state index in [2.05, 4.69) is 11.4 Å². The summed E-state index contributed by atoms with van der Waals surface area (Å²) in [4.78, 5) is 24.5. The van der Waals surface area contributed by atoms with Crippen molar-refractivity contribution in [2.75, 3.05) is 18.5 Å². The Morgan fingerprint density at radius 3 is 2.58 bits per heavy atom. The molecule has 0 unspecified atom stereocenters. The van der Waals surface area contributed by atoms with Gasteiger partial charge in [0.25, 0.3) is 0 Å². The van der Waals surface area contributed by atoms with Crippen LogP contribution in [0.15, 0.2) is 36.4 Å². The van der Waals surface area contributed by atoms with E-state index in [1.807, 2.05) is 12.1 Å². The maximum Gasteiger partial charge on any atom is 0.224 e. The van der Waals surface area contributed by atoms with Gasteiger partial charge in [-0.3, -0.25) is 9.59 Å². The van der Waals surface area contributed by atoms with Crippen LogP contribution in [0.2, 0.25) is 0 Å². The van der Waals surface area contributed by atoms with Gasteiger partial charge in [0.15, 0.2) is 17.3 Å². The fourth-order valence-electron chi connectivity index (χ4n) is 3.46. The number of amides is 1. The van der Waals surface area contributed by atoms with Gasteiger partial charge in [-0.2, -0.15) is 0 Å². The van der Waals surface area contributed by atoms with E-state index in [0.717, 1.165) is 18.5 Å². The number of rotatable bonds is 5. The van der Waals surface area contributed by atoms with Gasteiger partial charge in [0.1, 0.15) is 13.2 Å². The van der Waals surface area contributed by atoms with Gasteiger partial charge in [0.2, 0.25) is 5.91 Å². The van der Waals surface area contributed by atoms with Crippen molar-refractivity contribution < 1.29 is 19.1 Å². The highest BCUT2D eigenvalue weighted by atomic mass is 16.6. The van der Waals surface area contributed by atoms with E-state index in [0.29, 0.717) is 30.3 Å². The minimum atomic E-state index is -0.145. The molecule has 4 rings (SSSR count). The van der Waals surface area contributed by atoms with Crippen LogP contribution in [0.3, 0.4) is 0 Å². The van der Waals surface area contributed by atoms with Crippen LogP contribution >= 0.6 is 0 Å². The second-order valence-corrected chi connectivity index (χ2v) is 6.67. The number of fused-ring (bicyclic) bond motifs is 2. The summed E-state index contributed by atoms with van der Waals surface area (Å²) in [5.41, 5.74) is 4.04. The summed E-state index contributed by atoms with van der Waals surface area (Å²) in [6.07, 6.45) is 3.69. The minimum Gasteiger partial charge on any atom is -0.486 e. The predicted octanol–water partition coefficient (Wildman–Crippen LogP) is 3.55. The fraction of sp³-hybridized carbons (Fsp3) is 0.333. The number of aryl methyl sites for hydroxylation is 2. The minimum absolute atomic E-state index is 0.0777. The summed E-state index contributed by atoms with van der Waals surface area (Å²) >= 11 is 0. The number of ether oxygens (including phenoxy) is 2. The van der Waals surface area contributed by atoms with Crippen molar-refractivity contribution in [2.45, 2.75) is 32.1 Å². The van der Waals surface area contributed by atoms with Crippen molar-refractivity contribution in [3.8, 4) is 11.5 Å². The molecule has 1 aliphatic carbocycles. The molecule has 134 valence electrons. The molecular formula is C21H21NO4. The van der Waals surface area contributed by atoms with E-state index in [9.17, 15) is 9.59 Å². The van der Waals surface area contributed by atoms with Gasteiger partial charge >= 0.3 is 0 Å². The average molecular weight is 351 g/mol. The zero-order valence-electron chi connectivity index (χ0n) is 14.5. The number of nitrogens with one attached hydrogen (secondary N) is 1. The Hall–Kier alpha value is -2.82. The molecule has 5 nitrogen and oxygen atoms in total. The van der Waals surface area contributed by atoms with Crippen LogP contribution < -0.4 is 14.8 Å². The van der Waals surface area contributed by atoms with Crippen LogP contribution in [0.4, 0.5) is 5.69 Å². The van der Waals surface area contributed by atoms with E-state index in [1.165, 1.54) is 17.5 Å². The Morgan fingerprint density at radius 1 is 0.885 bits per heavy atom. The maximum absolute atomic E-state index is 12.4. The summed E-state index contributed by atoms with van der Waals surface area (Å²) in [6, 6.07) is 11.2. The second-order valence-electron chi connectivity index (χ2n) is 6.67. The van der Waals surface area contributed by atoms with Crippen LogP contribution in [0.5, 0.6) is 11.5 Å². The van der Waals surface area contributed by atoms with Crippen LogP contribution in [0.1, 0.15) is 40.7 Å². The Bertz CT molecular complexity index is 859. The van der Waals surface area contributed by atoms with Gasteiger partial charge in [-0.15, -0.1) is 0 Å². The standard InChI is InChI=1S/C21H21NO4/c23-18(16-5-8-19-20(13-16)26-11-10-25-19)7-9-21(24)22-17-6-4-14-2-1-3-15(14)12-17/h4-6,8,12-13H,1-3,7,9-11H2,(H,22,24). The number of benzene rings is 2. The number of carbonyl (C=O) groups excluding carboxylic acids is 2. The van der Waals surface area contributed by atoms with Crippen LogP contribution in [0.25, 0.3) is 0 Å². The van der Waals surface area contributed by atoms with E-state index < -0.39 is 0 Å². The first-order chi connectivity index (χ1) is 12.7. The SMILES string of the molecule is O=C(CCC(=O)c1ccc2c(c1)OCCO2)Nc1ccc2c(c1)CCC2. The van der Waals surface area contributed by atoms with Crippen LogP contribution in [-0.2, 0) is 17.6 Å². The zero-order chi connectivity index (χ0) is 17.9. The van der Waals surface area contributed by atoms with Crippen LogP contribution in [0, 0.1) is 0 Å². The molecule has 26 heavy (non-hydrogen) atoms. The summed E-state index contributed by atoms with van der Waals surface area (Å²) < 4.78 is 11.0. The molecule has 2 aromatic rings. The smallest absolute Gasteiger partial charge is 0.224 e. The number of Topliss-reactive ketones (excluding diaryl/α,β-unsaturated/α-hetero) is 1. The zero-order valence-corrected chi connectivity index (χ0v) is 14.5. The van der Waals surface area contributed by atoms with Gasteiger partial charge in [-0.25, -0.2) is 0 Å². The van der Waals surface area contributed by atoms with E-state index in [-0.39, 0.29) is 24.5 Å². The molecule has 0 bridgehead atoms. The molecule has 1 aliphatic heterocycles. The highest BCUT2D eigenvalue weighted by Gasteiger charge is 2.16. The molecule has 2 aromatic carbocycles. The quantitative estimate of drug-likeness (QED) is 0.837. The summed E-state index contributed by atoms with van der Waals surface area (Å²) in [5, 5.41) is 2.89. The molecule has 0 saturated heterocycles. The highest BCUT2D eigenvalue weighted by Crippen LogP contribution is 2.31. The molecular weight excluding hydrogens is 330 g/mol. The van der Waals surface area contributed by atoms with Crippen molar-refractivity contribution in [1.82, 2.24) is 0 Å². The number of anilines is 1. The summed E-state index contributed by atoms with van der Waals surface area (Å²) in [5.74, 6) is 1.02. The van der Waals surface area contributed by atoms with E-state index in [4.69, 9.17) is 9.47 Å². The lowest BCUT2D eigenvalue weighted by Crippen LogP contribution is -2.16. The highest BCUT2D eigenvalue weighted by molar-refractivity contribution is 6.00. The number of hydrogen-bond donors (Lipinski definition) is 1. The van der Waals surface area contributed by atoms with Gasteiger partial charge < -0.3 is 14.8 Å². The third kappa shape index (κ3) is 3.57. The third-order valence-corrected chi connectivity index (χ3v) is 4.83. The summed E-state index contributed by atoms with van der Waals surface area (Å²) in [6.45, 7) is 0.997. The molecule has 0 radical (unpaired) electrons. The van der Waals surface area contributed by atoms with E-state index in [1.54, 1.807) is 18.2 Å². The van der Waals surface area contributed by atoms with Crippen molar-refractivity contribution >= 4 is 17.4 Å². The van der Waals surface area contributed by atoms with Crippen molar-refractivity contribution in [2.24, 2.45) is 0 Å².